The van der Waals surface area contributed by atoms with Gasteiger partial charge in [0.15, 0.2) is 22.4 Å². The quantitative estimate of drug-likeness (QED) is 0.729. The van der Waals surface area contributed by atoms with Crippen molar-refractivity contribution in [3.05, 3.63) is 35.2 Å². The molecule has 0 aliphatic carbocycles. The Morgan fingerprint density at radius 1 is 1.28 bits per heavy atom. The van der Waals surface area contributed by atoms with E-state index in [1.807, 2.05) is 22.7 Å². The van der Waals surface area contributed by atoms with Crippen molar-refractivity contribution in [1.29, 1.82) is 0 Å². The van der Waals surface area contributed by atoms with E-state index in [-0.39, 0.29) is 0 Å². The number of hydrogen-bond donors (Lipinski definition) is 0. The minimum Gasteiger partial charge on any atom is -0.442 e. The van der Waals surface area contributed by atoms with Crippen molar-refractivity contribution >= 4 is 21.6 Å². The third kappa shape index (κ3) is 1.73. The summed E-state index contributed by atoms with van der Waals surface area (Å²) < 4.78 is 8.04. The van der Waals surface area contributed by atoms with Crippen molar-refractivity contribution in [2.24, 2.45) is 0 Å². The van der Waals surface area contributed by atoms with Crippen LogP contribution in [0.25, 0.3) is 17.0 Å². The lowest BCUT2D eigenvalue weighted by Crippen LogP contribution is -1.97. The Hall–Kier alpha value is -1.69. The molecular weight excluding hydrogens is 296 g/mol. The molecule has 0 atom stereocenters. The van der Waals surface area contributed by atoms with Crippen molar-refractivity contribution in [2.45, 2.75) is 19.8 Å². The molecule has 5 nitrogen and oxygen atoms in total. The minimum atomic E-state index is 0.313. The van der Waals surface area contributed by atoms with Crippen molar-refractivity contribution in [1.82, 2.24) is 19.6 Å². The molecule has 0 aliphatic rings. The fourth-order valence-corrected chi connectivity index (χ4v) is 2.26. The molecule has 0 N–H and O–H groups in total. The van der Waals surface area contributed by atoms with Crippen molar-refractivity contribution in [3.63, 3.8) is 0 Å². The Balaban J connectivity index is 2.21. The van der Waals surface area contributed by atoms with Gasteiger partial charge in [-0.25, -0.2) is 4.98 Å². The first-order valence-electron chi connectivity index (χ1n) is 5.61. The van der Waals surface area contributed by atoms with Crippen molar-refractivity contribution in [2.75, 3.05) is 0 Å². The lowest BCUT2D eigenvalue weighted by molar-refractivity contribution is 0.571. The van der Waals surface area contributed by atoms with Gasteiger partial charge in [0.1, 0.15) is 5.82 Å². The number of oxazole rings is 1. The standard InChI is InChI=1S/C12H11BrN4O/c1-7(2)12-16-15-9-4-3-8(5-17(9)12)10-11(13)14-6-18-10/h3-7H,1-2H3. The van der Waals surface area contributed by atoms with E-state index in [0.29, 0.717) is 16.3 Å². The highest BCUT2D eigenvalue weighted by Gasteiger charge is 2.13. The van der Waals surface area contributed by atoms with Gasteiger partial charge in [-0.3, -0.25) is 4.40 Å². The Bertz CT molecular complexity index is 701. The first-order chi connectivity index (χ1) is 8.66. The molecule has 0 saturated heterocycles. The predicted molar refractivity (Wildman–Crippen MR) is 70.3 cm³/mol. The van der Waals surface area contributed by atoms with Crippen LogP contribution in [0.1, 0.15) is 25.6 Å². The summed E-state index contributed by atoms with van der Waals surface area (Å²) in [6.45, 7) is 4.18. The molecule has 0 spiro atoms. The molecule has 0 aliphatic heterocycles. The van der Waals surface area contributed by atoms with Crippen LogP contribution in [0.3, 0.4) is 0 Å². The molecule has 0 saturated carbocycles. The van der Waals surface area contributed by atoms with Gasteiger partial charge >= 0.3 is 0 Å². The zero-order valence-corrected chi connectivity index (χ0v) is 11.5. The lowest BCUT2D eigenvalue weighted by atomic mass is 10.2. The van der Waals surface area contributed by atoms with E-state index in [4.69, 9.17) is 4.42 Å². The molecular formula is C12H11BrN4O. The smallest absolute Gasteiger partial charge is 0.182 e. The summed E-state index contributed by atoms with van der Waals surface area (Å²) in [7, 11) is 0. The molecule has 3 aromatic rings. The average molecular weight is 307 g/mol. The fourth-order valence-electron chi connectivity index (χ4n) is 1.86. The number of aromatic nitrogens is 4. The normalized spacial score (nSPS) is 11.6. The molecule has 18 heavy (non-hydrogen) atoms. The average Bonchev–Trinajstić information content (AvgIpc) is 2.93. The van der Waals surface area contributed by atoms with E-state index in [9.17, 15) is 0 Å². The number of fused-ring (bicyclic) bond motifs is 1. The minimum absolute atomic E-state index is 0.313. The Morgan fingerprint density at radius 2 is 2.11 bits per heavy atom. The fraction of sp³-hybridized carbons (Fsp3) is 0.250. The van der Waals surface area contributed by atoms with E-state index >= 15 is 0 Å². The lowest BCUT2D eigenvalue weighted by Gasteiger charge is -2.04. The molecule has 0 amide bonds. The molecule has 6 heteroatoms. The third-order valence-electron chi connectivity index (χ3n) is 2.73. The number of rotatable bonds is 2. The van der Waals surface area contributed by atoms with Crippen molar-refractivity contribution < 1.29 is 4.42 Å². The summed E-state index contributed by atoms with van der Waals surface area (Å²) in [6.07, 6.45) is 3.38. The van der Waals surface area contributed by atoms with Gasteiger partial charge in [0.25, 0.3) is 0 Å². The van der Waals surface area contributed by atoms with Gasteiger partial charge in [0.05, 0.1) is 0 Å². The van der Waals surface area contributed by atoms with Crippen LogP contribution >= 0.6 is 15.9 Å². The molecule has 0 fully saturated rings. The summed E-state index contributed by atoms with van der Waals surface area (Å²) in [6, 6.07) is 3.86. The molecule has 0 aromatic carbocycles. The Morgan fingerprint density at radius 3 is 2.78 bits per heavy atom. The second kappa shape index (κ2) is 4.20. The van der Waals surface area contributed by atoms with Crippen LogP contribution in [0.2, 0.25) is 0 Å². The molecule has 0 unspecified atom stereocenters. The Kier molecular flexibility index (Phi) is 2.66. The molecule has 3 heterocycles. The van der Waals surface area contributed by atoms with E-state index < -0.39 is 0 Å². The number of pyridine rings is 1. The number of halogens is 1. The van der Waals surface area contributed by atoms with Gasteiger partial charge in [-0.15, -0.1) is 10.2 Å². The summed E-state index contributed by atoms with van der Waals surface area (Å²) in [5.74, 6) is 1.95. The highest BCUT2D eigenvalue weighted by atomic mass is 79.9. The molecule has 3 aromatic heterocycles. The van der Waals surface area contributed by atoms with Gasteiger partial charge in [0, 0.05) is 17.7 Å². The van der Waals surface area contributed by atoms with Crippen LogP contribution in [0.15, 0.2) is 33.7 Å². The zero-order chi connectivity index (χ0) is 12.7. The third-order valence-corrected chi connectivity index (χ3v) is 3.30. The first kappa shape index (κ1) is 11.4. The molecule has 0 bridgehead atoms. The van der Waals surface area contributed by atoms with E-state index in [1.54, 1.807) is 0 Å². The zero-order valence-electron chi connectivity index (χ0n) is 9.96. The van der Waals surface area contributed by atoms with Gasteiger partial charge in [-0.1, -0.05) is 13.8 Å². The summed E-state index contributed by atoms with van der Waals surface area (Å²) in [5.41, 5.74) is 1.77. The van der Waals surface area contributed by atoms with E-state index in [2.05, 4.69) is 45.0 Å². The van der Waals surface area contributed by atoms with Crippen LogP contribution in [-0.2, 0) is 0 Å². The van der Waals surface area contributed by atoms with Gasteiger partial charge in [0.2, 0.25) is 0 Å². The van der Waals surface area contributed by atoms with Crippen LogP contribution < -0.4 is 0 Å². The van der Waals surface area contributed by atoms with Crippen LogP contribution in [0.5, 0.6) is 0 Å². The van der Waals surface area contributed by atoms with Gasteiger partial charge in [-0.05, 0) is 28.1 Å². The second-order valence-corrected chi connectivity index (χ2v) is 5.08. The van der Waals surface area contributed by atoms with Crippen LogP contribution in [0.4, 0.5) is 0 Å². The maximum atomic E-state index is 5.36. The number of hydrogen-bond acceptors (Lipinski definition) is 4. The van der Waals surface area contributed by atoms with Gasteiger partial charge < -0.3 is 4.42 Å². The largest absolute Gasteiger partial charge is 0.442 e. The second-order valence-electron chi connectivity index (χ2n) is 4.33. The van der Waals surface area contributed by atoms with Crippen LogP contribution in [0, 0.1) is 0 Å². The number of nitrogens with zero attached hydrogens (tertiary/aromatic N) is 4. The first-order valence-corrected chi connectivity index (χ1v) is 6.40. The predicted octanol–water partition coefficient (Wildman–Crippen LogP) is 3.27. The monoisotopic (exact) mass is 306 g/mol. The summed E-state index contributed by atoms with van der Waals surface area (Å²) >= 11 is 3.36. The van der Waals surface area contributed by atoms with E-state index in [1.165, 1.54) is 6.39 Å². The highest BCUT2D eigenvalue weighted by Crippen LogP contribution is 2.27. The SMILES string of the molecule is CC(C)c1nnc2ccc(-c3ocnc3Br)cn12. The Labute approximate surface area is 112 Å². The highest BCUT2D eigenvalue weighted by molar-refractivity contribution is 9.10. The summed E-state index contributed by atoms with van der Waals surface area (Å²) in [4.78, 5) is 4.03. The maximum absolute atomic E-state index is 5.36. The summed E-state index contributed by atoms with van der Waals surface area (Å²) in [5, 5.41) is 8.33. The van der Waals surface area contributed by atoms with Crippen LogP contribution in [-0.4, -0.2) is 19.6 Å². The van der Waals surface area contributed by atoms with E-state index in [0.717, 1.165) is 17.0 Å². The molecule has 92 valence electrons. The maximum Gasteiger partial charge on any atom is 0.182 e. The molecule has 3 rings (SSSR count). The van der Waals surface area contributed by atoms with Crippen molar-refractivity contribution in [3.8, 4) is 11.3 Å². The topological polar surface area (TPSA) is 56.2 Å². The van der Waals surface area contributed by atoms with Gasteiger partial charge in [-0.2, -0.15) is 0 Å². The molecule has 0 radical (unpaired) electrons.